The molecule has 14 heavy (non-hydrogen) atoms. The first kappa shape index (κ1) is 8.97. The molecular weight excluding hydrogens is 288 g/mol. The normalized spacial score (nSPS) is 31.9. The number of fused-ring (bicyclic) bond motifs is 1. The Bertz CT molecular complexity index is 358. The van der Waals surface area contributed by atoms with Gasteiger partial charge in [0, 0.05) is 0 Å². The molecule has 2 atom stereocenters. The third kappa shape index (κ3) is 1.75. The Morgan fingerprint density at radius 3 is 2.79 bits per heavy atom. The maximum absolute atomic E-state index is 5.58. The summed E-state index contributed by atoms with van der Waals surface area (Å²) in [5.74, 6) is 0.809. The SMILES string of the molecule is C(/[Te]c1ccccc1)=C1\COC2CC12. The Morgan fingerprint density at radius 1 is 1.29 bits per heavy atom. The molecule has 1 saturated carbocycles. The molecule has 0 radical (unpaired) electrons. The number of benzene rings is 1. The van der Waals surface area contributed by atoms with Crippen molar-refractivity contribution < 1.29 is 4.74 Å². The van der Waals surface area contributed by atoms with Crippen LogP contribution in [0.4, 0.5) is 0 Å². The summed E-state index contributed by atoms with van der Waals surface area (Å²) in [6.07, 6.45) is 1.89. The van der Waals surface area contributed by atoms with E-state index in [9.17, 15) is 0 Å². The standard InChI is InChI=1S/C12H12OTe/c1-2-4-10(5-3-1)14-8-9-7-13-12-6-11(9)12/h1-5,8,11-12H,6-7H2/b9-8-. The van der Waals surface area contributed by atoms with Gasteiger partial charge in [-0.1, -0.05) is 0 Å². The van der Waals surface area contributed by atoms with Crippen LogP contribution in [0.2, 0.25) is 0 Å². The number of ether oxygens (including phenoxy) is 1. The number of hydrogen-bond acceptors (Lipinski definition) is 1. The van der Waals surface area contributed by atoms with E-state index in [1.807, 2.05) is 0 Å². The van der Waals surface area contributed by atoms with Gasteiger partial charge in [-0.3, -0.25) is 0 Å². The molecule has 0 bridgehead atoms. The topological polar surface area (TPSA) is 9.23 Å². The zero-order valence-electron chi connectivity index (χ0n) is 7.85. The summed E-state index contributed by atoms with van der Waals surface area (Å²) in [6, 6.07) is 10.8. The van der Waals surface area contributed by atoms with Crippen LogP contribution < -0.4 is 3.61 Å². The minimum atomic E-state index is -0.108. The van der Waals surface area contributed by atoms with Gasteiger partial charge in [0.25, 0.3) is 0 Å². The van der Waals surface area contributed by atoms with E-state index in [4.69, 9.17) is 4.74 Å². The monoisotopic (exact) mass is 302 g/mol. The molecule has 0 amide bonds. The van der Waals surface area contributed by atoms with Crippen LogP contribution in [0.5, 0.6) is 0 Å². The zero-order valence-corrected chi connectivity index (χ0v) is 10.2. The number of hydrogen-bond donors (Lipinski definition) is 0. The summed E-state index contributed by atoms with van der Waals surface area (Å²) < 4.78 is 9.59. The van der Waals surface area contributed by atoms with E-state index in [0.29, 0.717) is 6.10 Å². The predicted octanol–water partition coefficient (Wildman–Crippen LogP) is 1.32. The van der Waals surface area contributed by atoms with Crippen molar-refractivity contribution in [1.82, 2.24) is 0 Å². The zero-order chi connectivity index (χ0) is 9.38. The quantitative estimate of drug-likeness (QED) is 0.749. The molecule has 2 aliphatic rings. The van der Waals surface area contributed by atoms with Crippen molar-refractivity contribution in [3.8, 4) is 0 Å². The van der Waals surface area contributed by atoms with Gasteiger partial charge in [-0.05, 0) is 0 Å². The van der Waals surface area contributed by atoms with Crippen LogP contribution in [-0.4, -0.2) is 33.6 Å². The molecule has 1 aromatic rings. The molecule has 1 heterocycles. The van der Waals surface area contributed by atoms with E-state index < -0.39 is 0 Å². The average Bonchev–Trinajstić information content (AvgIpc) is 2.92. The predicted molar refractivity (Wildman–Crippen MR) is 57.8 cm³/mol. The van der Waals surface area contributed by atoms with Crippen LogP contribution in [0.3, 0.4) is 0 Å². The van der Waals surface area contributed by atoms with E-state index in [-0.39, 0.29) is 20.9 Å². The van der Waals surface area contributed by atoms with Crippen molar-refractivity contribution in [2.45, 2.75) is 12.5 Å². The van der Waals surface area contributed by atoms with Crippen LogP contribution in [0.15, 0.2) is 40.0 Å². The molecule has 2 fully saturated rings. The maximum atomic E-state index is 5.58. The van der Waals surface area contributed by atoms with Crippen LogP contribution in [-0.2, 0) is 4.74 Å². The molecule has 1 aliphatic heterocycles. The second kappa shape index (κ2) is 3.70. The van der Waals surface area contributed by atoms with E-state index in [1.165, 1.54) is 10.0 Å². The molecule has 1 aromatic carbocycles. The molecule has 2 heteroatoms. The van der Waals surface area contributed by atoms with Gasteiger partial charge in [-0.15, -0.1) is 0 Å². The first-order valence-electron chi connectivity index (χ1n) is 4.96. The van der Waals surface area contributed by atoms with Gasteiger partial charge >= 0.3 is 94.3 Å². The van der Waals surface area contributed by atoms with Gasteiger partial charge < -0.3 is 0 Å². The van der Waals surface area contributed by atoms with E-state index in [1.54, 1.807) is 5.57 Å². The Labute approximate surface area is 94.2 Å². The van der Waals surface area contributed by atoms with Crippen LogP contribution in [0.1, 0.15) is 6.42 Å². The number of rotatable bonds is 2. The first-order valence-corrected chi connectivity index (χ1v) is 7.47. The second-order valence-corrected chi connectivity index (χ2v) is 6.51. The molecule has 1 saturated heterocycles. The summed E-state index contributed by atoms with van der Waals surface area (Å²) in [7, 11) is 0. The van der Waals surface area contributed by atoms with Crippen molar-refractivity contribution in [2.24, 2.45) is 5.92 Å². The van der Waals surface area contributed by atoms with Crippen molar-refractivity contribution >= 4 is 24.5 Å². The molecule has 0 spiro atoms. The summed E-state index contributed by atoms with van der Waals surface area (Å²) in [6.45, 7) is 0.910. The Hall–Kier alpha value is -0.290. The average molecular weight is 300 g/mol. The third-order valence-corrected chi connectivity index (χ3v) is 5.52. The van der Waals surface area contributed by atoms with Gasteiger partial charge in [-0.25, -0.2) is 0 Å². The summed E-state index contributed by atoms with van der Waals surface area (Å²) in [5, 5.41) is 0. The van der Waals surface area contributed by atoms with Gasteiger partial charge in [-0.2, -0.15) is 0 Å². The molecular formula is C12H12OTe. The van der Waals surface area contributed by atoms with Gasteiger partial charge in [0.2, 0.25) is 0 Å². The van der Waals surface area contributed by atoms with Gasteiger partial charge in [0.15, 0.2) is 0 Å². The van der Waals surface area contributed by atoms with Crippen LogP contribution in [0.25, 0.3) is 0 Å². The molecule has 3 rings (SSSR count). The molecule has 72 valence electrons. The molecule has 2 unspecified atom stereocenters. The summed E-state index contributed by atoms with van der Waals surface area (Å²) in [5.41, 5.74) is 1.58. The van der Waals surface area contributed by atoms with Crippen molar-refractivity contribution in [1.29, 1.82) is 0 Å². The van der Waals surface area contributed by atoms with Gasteiger partial charge in [0.1, 0.15) is 0 Å². The third-order valence-electron chi connectivity index (χ3n) is 2.76. The van der Waals surface area contributed by atoms with E-state index >= 15 is 0 Å². The molecule has 1 nitrogen and oxygen atoms in total. The van der Waals surface area contributed by atoms with Crippen molar-refractivity contribution in [3.05, 3.63) is 40.0 Å². The fourth-order valence-corrected chi connectivity index (χ4v) is 4.23. The minimum absolute atomic E-state index is 0.108. The van der Waals surface area contributed by atoms with Crippen LogP contribution in [0, 0.1) is 5.92 Å². The summed E-state index contributed by atoms with van der Waals surface area (Å²) >= 11 is -0.108. The van der Waals surface area contributed by atoms with Gasteiger partial charge in [0.05, 0.1) is 0 Å². The van der Waals surface area contributed by atoms with Crippen LogP contribution >= 0.6 is 0 Å². The summed E-state index contributed by atoms with van der Waals surface area (Å²) in [4.78, 5) is 0. The Morgan fingerprint density at radius 2 is 2.14 bits per heavy atom. The fraction of sp³-hybridized carbons (Fsp3) is 0.333. The molecule has 0 aromatic heterocycles. The van der Waals surface area contributed by atoms with E-state index in [2.05, 4.69) is 34.5 Å². The Kier molecular flexibility index (Phi) is 2.37. The Balaban J connectivity index is 1.69. The molecule has 1 aliphatic carbocycles. The molecule has 0 N–H and O–H groups in total. The van der Waals surface area contributed by atoms with E-state index in [0.717, 1.165) is 12.5 Å². The van der Waals surface area contributed by atoms with Crippen molar-refractivity contribution in [3.63, 3.8) is 0 Å². The van der Waals surface area contributed by atoms with Crippen molar-refractivity contribution in [2.75, 3.05) is 6.61 Å². The second-order valence-electron chi connectivity index (χ2n) is 3.82. The first-order chi connectivity index (χ1) is 6.93. The fourth-order valence-electron chi connectivity index (χ4n) is 1.82.